The fraction of sp³-hybridized carbons (Fsp3) is 0.263. The lowest BCUT2D eigenvalue weighted by atomic mass is 10.0. The van der Waals surface area contributed by atoms with Gasteiger partial charge in [-0.25, -0.2) is 4.98 Å². The molecule has 0 N–H and O–H groups in total. The standard InChI is InChI=1S/C19H20N2O/c1-15-6-5-9-18(20-15)19(22)21-12-10-17(11-13-21)14-16-7-3-2-4-8-16/h2-9,14H,10-13H2,1H3. The Kier molecular flexibility index (Phi) is 4.33. The van der Waals surface area contributed by atoms with Crippen LogP contribution in [0.25, 0.3) is 6.08 Å². The van der Waals surface area contributed by atoms with E-state index in [1.165, 1.54) is 11.1 Å². The van der Waals surface area contributed by atoms with E-state index in [0.29, 0.717) is 5.69 Å². The van der Waals surface area contributed by atoms with Crippen LogP contribution in [0, 0.1) is 6.92 Å². The summed E-state index contributed by atoms with van der Waals surface area (Å²) in [6.07, 6.45) is 4.12. The number of hydrogen-bond donors (Lipinski definition) is 0. The van der Waals surface area contributed by atoms with Crippen molar-refractivity contribution in [2.24, 2.45) is 0 Å². The second-order valence-corrected chi connectivity index (χ2v) is 5.67. The molecule has 1 aromatic heterocycles. The summed E-state index contributed by atoms with van der Waals surface area (Å²) in [7, 11) is 0. The van der Waals surface area contributed by atoms with Crippen molar-refractivity contribution < 1.29 is 4.79 Å². The molecule has 0 unspecified atom stereocenters. The van der Waals surface area contributed by atoms with Gasteiger partial charge in [0.05, 0.1) is 0 Å². The van der Waals surface area contributed by atoms with Crippen molar-refractivity contribution >= 4 is 12.0 Å². The number of amides is 1. The maximum absolute atomic E-state index is 12.5. The maximum atomic E-state index is 12.5. The number of rotatable bonds is 2. The van der Waals surface area contributed by atoms with Crippen LogP contribution in [0.15, 0.2) is 54.1 Å². The van der Waals surface area contributed by atoms with Gasteiger partial charge in [0.15, 0.2) is 0 Å². The van der Waals surface area contributed by atoms with Gasteiger partial charge in [-0.05, 0) is 37.5 Å². The fourth-order valence-corrected chi connectivity index (χ4v) is 2.75. The van der Waals surface area contributed by atoms with Gasteiger partial charge in [-0.1, -0.05) is 48.0 Å². The number of benzene rings is 1. The van der Waals surface area contributed by atoms with E-state index in [4.69, 9.17) is 0 Å². The van der Waals surface area contributed by atoms with Crippen molar-refractivity contribution in [1.82, 2.24) is 9.88 Å². The number of aromatic nitrogens is 1. The second-order valence-electron chi connectivity index (χ2n) is 5.67. The van der Waals surface area contributed by atoms with E-state index >= 15 is 0 Å². The van der Waals surface area contributed by atoms with Crippen molar-refractivity contribution in [1.29, 1.82) is 0 Å². The van der Waals surface area contributed by atoms with Gasteiger partial charge >= 0.3 is 0 Å². The van der Waals surface area contributed by atoms with Crippen LogP contribution in [-0.2, 0) is 0 Å². The van der Waals surface area contributed by atoms with Crippen LogP contribution in [0.1, 0.15) is 34.6 Å². The Bertz CT molecular complexity index is 682. The third kappa shape index (κ3) is 3.42. The smallest absolute Gasteiger partial charge is 0.272 e. The molecule has 0 bridgehead atoms. The zero-order valence-electron chi connectivity index (χ0n) is 12.8. The van der Waals surface area contributed by atoms with Crippen LogP contribution in [0.5, 0.6) is 0 Å². The summed E-state index contributed by atoms with van der Waals surface area (Å²) in [6.45, 7) is 3.45. The number of nitrogens with zero attached hydrogens (tertiary/aromatic N) is 2. The van der Waals surface area contributed by atoms with Gasteiger partial charge in [-0.3, -0.25) is 4.79 Å². The number of carbonyl (C=O) groups is 1. The van der Waals surface area contributed by atoms with Gasteiger partial charge in [0.2, 0.25) is 0 Å². The minimum Gasteiger partial charge on any atom is -0.337 e. The van der Waals surface area contributed by atoms with Crippen molar-refractivity contribution in [2.45, 2.75) is 19.8 Å². The highest BCUT2D eigenvalue weighted by molar-refractivity contribution is 5.92. The molecule has 1 aliphatic heterocycles. The molecule has 22 heavy (non-hydrogen) atoms. The number of piperidine rings is 1. The van der Waals surface area contributed by atoms with E-state index in [9.17, 15) is 4.79 Å². The molecule has 1 aromatic carbocycles. The van der Waals surface area contributed by atoms with Gasteiger partial charge in [-0.15, -0.1) is 0 Å². The molecule has 0 radical (unpaired) electrons. The Hall–Kier alpha value is -2.42. The van der Waals surface area contributed by atoms with Gasteiger partial charge in [0.1, 0.15) is 5.69 Å². The number of carbonyl (C=O) groups excluding carboxylic acids is 1. The quantitative estimate of drug-likeness (QED) is 0.845. The number of hydrogen-bond acceptors (Lipinski definition) is 2. The zero-order valence-corrected chi connectivity index (χ0v) is 12.8. The normalized spacial score (nSPS) is 14.8. The Morgan fingerprint density at radius 1 is 1.05 bits per heavy atom. The maximum Gasteiger partial charge on any atom is 0.272 e. The molecule has 3 heteroatoms. The SMILES string of the molecule is Cc1cccc(C(=O)N2CCC(=Cc3ccccc3)CC2)n1. The average Bonchev–Trinajstić information content (AvgIpc) is 2.56. The number of likely N-dealkylation sites (tertiary alicyclic amines) is 1. The Morgan fingerprint density at radius 2 is 1.77 bits per heavy atom. The molecule has 0 atom stereocenters. The Balaban J connectivity index is 1.64. The Labute approximate surface area is 131 Å². The summed E-state index contributed by atoms with van der Waals surface area (Å²) < 4.78 is 0. The van der Waals surface area contributed by atoms with E-state index in [2.05, 4.69) is 35.3 Å². The molecule has 3 nitrogen and oxygen atoms in total. The van der Waals surface area contributed by atoms with Gasteiger partial charge in [0.25, 0.3) is 5.91 Å². The monoisotopic (exact) mass is 292 g/mol. The van der Waals surface area contributed by atoms with Gasteiger partial charge in [-0.2, -0.15) is 0 Å². The first kappa shape index (κ1) is 14.5. The summed E-state index contributed by atoms with van der Waals surface area (Å²) in [6, 6.07) is 15.9. The lowest BCUT2D eigenvalue weighted by Crippen LogP contribution is -2.36. The molecular weight excluding hydrogens is 272 g/mol. The van der Waals surface area contributed by atoms with Gasteiger partial charge in [0, 0.05) is 18.8 Å². The number of pyridine rings is 1. The highest BCUT2D eigenvalue weighted by Crippen LogP contribution is 2.20. The lowest BCUT2D eigenvalue weighted by molar-refractivity contribution is 0.0738. The van der Waals surface area contributed by atoms with E-state index in [1.807, 2.05) is 30.0 Å². The first-order valence-corrected chi connectivity index (χ1v) is 7.70. The minimum atomic E-state index is 0.0439. The minimum absolute atomic E-state index is 0.0439. The van der Waals surface area contributed by atoms with Crippen LogP contribution in [-0.4, -0.2) is 28.9 Å². The molecule has 1 aliphatic rings. The van der Waals surface area contributed by atoms with E-state index in [-0.39, 0.29) is 5.91 Å². The van der Waals surface area contributed by atoms with E-state index in [0.717, 1.165) is 31.6 Å². The molecule has 112 valence electrons. The van der Waals surface area contributed by atoms with Crippen LogP contribution in [0.3, 0.4) is 0 Å². The molecule has 0 saturated carbocycles. The Morgan fingerprint density at radius 3 is 2.45 bits per heavy atom. The predicted octanol–water partition coefficient (Wildman–Crippen LogP) is 3.71. The molecule has 2 aromatic rings. The zero-order chi connectivity index (χ0) is 15.4. The summed E-state index contributed by atoms with van der Waals surface area (Å²) in [5.41, 5.74) is 4.08. The van der Waals surface area contributed by atoms with Crippen LogP contribution < -0.4 is 0 Å². The number of aryl methyl sites for hydroxylation is 1. The van der Waals surface area contributed by atoms with Crippen LogP contribution >= 0.6 is 0 Å². The molecule has 2 heterocycles. The van der Waals surface area contributed by atoms with Gasteiger partial charge < -0.3 is 4.90 Å². The highest BCUT2D eigenvalue weighted by Gasteiger charge is 2.21. The lowest BCUT2D eigenvalue weighted by Gasteiger charge is -2.28. The second kappa shape index (κ2) is 6.56. The fourth-order valence-electron chi connectivity index (χ4n) is 2.75. The molecule has 3 rings (SSSR count). The molecule has 0 spiro atoms. The third-order valence-corrected chi connectivity index (χ3v) is 3.97. The molecule has 1 fully saturated rings. The van der Waals surface area contributed by atoms with Crippen molar-refractivity contribution in [3.63, 3.8) is 0 Å². The van der Waals surface area contributed by atoms with E-state index in [1.54, 1.807) is 6.07 Å². The summed E-state index contributed by atoms with van der Waals surface area (Å²) in [4.78, 5) is 18.7. The first-order valence-electron chi connectivity index (χ1n) is 7.70. The third-order valence-electron chi connectivity index (χ3n) is 3.97. The van der Waals surface area contributed by atoms with Crippen molar-refractivity contribution in [3.8, 4) is 0 Å². The molecule has 1 saturated heterocycles. The molecular formula is C19H20N2O. The summed E-state index contributed by atoms with van der Waals surface area (Å²) in [5.74, 6) is 0.0439. The topological polar surface area (TPSA) is 33.2 Å². The predicted molar refractivity (Wildman–Crippen MR) is 88.5 cm³/mol. The van der Waals surface area contributed by atoms with Crippen LogP contribution in [0.4, 0.5) is 0 Å². The summed E-state index contributed by atoms with van der Waals surface area (Å²) in [5, 5.41) is 0. The van der Waals surface area contributed by atoms with Crippen molar-refractivity contribution in [2.75, 3.05) is 13.1 Å². The van der Waals surface area contributed by atoms with E-state index < -0.39 is 0 Å². The van der Waals surface area contributed by atoms with Crippen LogP contribution in [0.2, 0.25) is 0 Å². The molecule has 1 amide bonds. The van der Waals surface area contributed by atoms with Crippen molar-refractivity contribution in [3.05, 3.63) is 71.1 Å². The summed E-state index contributed by atoms with van der Waals surface area (Å²) >= 11 is 0. The highest BCUT2D eigenvalue weighted by atomic mass is 16.2. The average molecular weight is 292 g/mol. The largest absolute Gasteiger partial charge is 0.337 e. The molecule has 0 aliphatic carbocycles. The first-order chi connectivity index (χ1) is 10.7.